The number of unbranched alkanes of at least 4 members (excludes halogenated alkanes) is 1. The minimum absolute atomic E-state index is 0.0804. The Kier molecular flexibility index (Phi) is 11.4. The van der Waals surface area contributed by atoms with Crippen molar-refractivity contribution in [2.45, 2.75) is 26.7 Å². The van der Waals surface area contributed by atoms with Crippen molar-refractivity contribution in [3.05, 3.63) is 96.1 Å². The molecule has 0 aliphatic rings. The van der Waals surface area contributed by atoms with Crippen LogP contribution in [0.3, 0.4) is 0 Å². The number of hydrogen-bond acceptors (Lipinski definition) is 11. The second kappa shape index (κ2) is 15.4. The first-order chi connectivity index (χ1) is 20.1. The van der Waals surface area contributed by atoms with Crippen LogP contribution in [-0.4, -0.2) is 43.2 Å². The zero-order valence-electron chi connectivity index (χ0n) is 23.0. The molecule has 0 fully saturated rings. The molecule has 3 aromatic carbocycles. The molecular weight excluding hydrogens is 548 g/mol. The smallest absolute Gasteiger partial charge is 0.463 e. The largest absolute Gasteiger partial charge is 0.513 e. The summed E-state index contributed by atoms with van der Waals surface area (Å²) < 4.78 is 30.6. The first-order valence-electron chi connectivity index (χ1n) is 12.7. The number of carbonyl (C=O) groups is 5. The Morgan fingerprint density at radius 2 is 1.19 bits per heavy atom. The zero-order chi connectivity index (χ0) is 30.5. The van der Waals surface area contributed by atoms with Gasteiger partial charge in [0.2, 0.25) is 0 Å². The minimum Gasteiger partial charge on any atom is -0.463 e. The monoisotopic (exact) mass is 576 g/mol. The van der Waals surface area contributed by atoms with Gasteiger partial charge in [0.05, 0.1) is 24.3 Å². The lowest BCUT2D eigenvalue weighted by Crippen LogP contribution is -2.13. The highest BCUT2D eigenvalue weighted by atomic mass is 16.7. The molecule has 0 atom stereocenters. The van der Waals surface area contributed by atoms with Crippen LogP contribution in [0, 0.1) is 6.92 Å². The highest BCUT2D eigenvalue weighted by Gasteiger charge is 2.14. The highest BCUT2D eigenvalue weighted by molar-refractivity contribution is 5.92. The van der Waals surface area contributed by atoms with Crippen molar-refractivity contribution < 1.29 is 52.4 Å². The molecule has 0 heterocycles. The third kappa shape index (κ3) is 9.94. The third-order valence-corrected chi connectivity index (χ3v) is 5.37. The van der Waals surface area contributed by atoms with Gasteiger partial charge < -0.3 is 28.4 Å². The average molecular weight is 577 g/mol. The lowest BCUT2D eigenvalue weighted by molar-refractivity contribution is -0.138. The summed E-state index contributed by atoms with van der Waals surface area (Å²) in [6.45, 7) is 6.53. The molecular formula is C31H28O11. The molecule has 11 heteroatoms. The van der Waals surface area contributed by atoms with Gasteiger partial charge in [0.15, 0.2) is 0 Å². The molecule has 0 N–H and O–H groups in total. The van der Waals surface area contributed by atoms with Crippen LogP contribution in [-0.2, 0) is 19.1 Å². The number of carbonyl (C=O) groups excluding carboxylic acids is 5. The SMILES string of the molecule is C=CC(=O)OCCCCOC(=O)Oc1ccc(C(=O)Oc2ccc(OC(=O)c3ccc(OC(C)=O)cc3)c(C)c2)cc1. The van der Waals surface area contributed by atoms with Crippen LogP contribution in [0.25, 0.3) is 0 Å². The van der Waals surface area contributed by atoms with Crippen molar-refractivity contribution >= 4 is 30.0 Å². The van der Waals surface area contributed by atoms with Gasteiger partial charge in [-0.3, -0.25) is 4.79 Å². The van der Waals surface area contributed by atoms with Gasteiger partial charge in [-0.25, -0.2) is 19.2 Å². The van der Waals surface area contributed by atoms with Gasteiger partial charge in [-0.1, -0.05) is 6.58 Å². The van der Waals surface area contributed by atoms with E-state index in [9.17, 15) is 24.0 Å². The molecule has 0 bridgehead atoms. The predicted molar refractivity (Wildman–Crippen MR) is 148 cm³/mol. The summed E-state index contributed by atoms with van der Waals surface area (Å²) in [4.78, 5) is 58.9. The topological polar surface area (TPSA) is 141 Å². The van der Waals surface area contributed by atoms with Crippen LogP contribution in [0.2, 0.25) is 0 Å². The van der Waals surface area contributed by atoms with Crippen LogP contribution in [0.5, 0.6) is 23.0 Å². The molecule has 42 heavy (non-hydrogen) atoms. The van der Waals surface area contributed by atoms with E-state index in [1.165, 1.54) is 67.6 Å². The summed E-state index contributed by atoms with van der Waals surface area (Å²) in [5.41, 5.74) is 1.01. The van der Waals surface area contributed by atoms with Gasteiger partial charge in [-0.15, -0.1) is 0 Å². The van der Waals surface area contributed by atoms with Crippen molar-refractivity contribution in [2.75, 3.05) is 13.2 Å². The first-order valence-corrected chi connectivity index (χ1v) is 12.7. The first kappa shape index (κ1) is 31.1. The third-order valence-electron chi connectivity index (χ3n) is 5.37. The molecule has 3 aromatic rings. The van der Waals surface area contributed by atoms with Gasteiger partial charge in [0.1, 0.15) is 23.0 Å². The maximum absolute atomic E-state index is 12.6. The second-order valence-electron chi connectivity index (χ2n) is 8.63. The maximum Gasteiger partial charge on any atom is 0.513 e. The molecule has 3 rings (SSSR count). The lowest BCUT2D eigenvalue weighted by Gasteiger charge is -2.10. The van der Waals surface area contributed by atoms with Crippen molar-refractivity contribution in [1.29, 1.82) is 0 Å². The van der Waals surface area contributed by atoms with Gasteiger partial charge in [-0.05, 0) is 92.1 Å². The Hall–Kier alpha value is -5.45. The van der Waals surface area contributed by atoms with E-state index in [2.05, 4.69) is 6.58 Å². The number of rotatable bonds is 12. The van der Waals surface area contributed by atoms with E-state index in [1.54, 1.807) is 13.0 Å². The molecule has 0 saturated carbocycles. The standard InChI is InChI=1S/C31H28O11/c1-4-28(33)37-17-5-6-18-38-31(36)41-25-13-9-22(10-14-25)29(34)40-26-15-16-27(20(2)19-26)42-30(35)23-7-11-24(12-8-23)39-21(3)32/h4,7-16,19H,1,5-6,17-18H2,2-3H3. The predicted octanol–water partition coefficient (Wildman–Crippen LogP) is 5.38. The van der Waals surface area contributed by atoms with Gasteiger partial charge in [0, 0.05) is 13.0 Å². The van der Waals surface area contributed by atoms with E-state index in [4.69, 9.17) is 28.4 Å². The zero-order valence-corrected chi connectivity index (χ0v) is 23.0. The van der Waals surface area contributed by atoms with E-state index in [0.717, 1.165) is 6.08 Å². The van der Waals surface area contributed by atoms with Crippen LogP contribution in [0.4, 0.5) is 4.79 Å². The average Bonchev–Trinajstić information content (AvgIpc) is 2.96. The van der Waals surface area contributed by atoms with Gasteiger partial charge in [-0.2, -0.15) is 0 Å². The molecule has 0 aliphatic carbocycles. The summed E-state index contributed by atoms with van der Waals surface area (Å²) >= 11 is 0. The summed E-state index contributed by atoms with van der Waals surface area (Å²) in [7, 11) is 0. The van der Waals surface area contributed by atoms with Crippen molar-refractivity contribution in [1.82, 2.24) is 0 Å². The summed E-state index contributed by atoms with van der Waals surface area (Å²) in [5.74, 6) is -1.29. The number of hydrogen-bond donors (Lipinski definition) is 0. The minimum atomic E-state index is -0.913. The fourth-order valence-corrected chi connectivity index (χ4v) is 3.33. The number of aryl methyl sites for hydroxylation is 1. The Morgan fingerprint density at radius 1 is 0.667 bits per heavy atom. The Bertz CT molecular complexity index is 1440. The summed E-state index contributed by atoms with van der Waals surface area (Å²) in [5, 5.41) is 0. The lowest BCUT2D eigenvalue weighted by atomic mass is 10.2. The molecule has 218 valence electrons. The van der Waals surface area contributed by atoms with Gasteiger partial charge in [0.25, 0.3) is 0 Å². The maximum atomic E-state index is 12.6. The quantitative estimate of drug-likeness (QED) is 0.0901. The van der Waals surface area contributed by atoms with Crippen LogP contribution >= 0.6 is 0 Å². The van der Waals surface area contributed by atoms with Crippen molar-refractivity contribution in [3.8, 4) is 23.0 Å². The molecule has 0 amide bonds. The van der Waals surface area contributed by atoms with Crippen LogP contribution < -0.4 is 18.9 Å². The normalized spacial score (nSPS) is 10.1. The number of benzene rings is 3. The molecule has 11 nitrogen and oxygen atoms in total. The highest BCUT2D eigenvalue weighted by Crippen LogP contribution is 2.26. The van der Waals surface area contributed by atoms with Crippen LogP contribution in [0.1, 0.15) is 46.0 Å². The summed E-state index contributed by atoms with van der Waals surface area (Å²) in [6, 6.07) is 16.1. The van der Waals surface area contributed by atoms with Crippen molar-refractivity contribution in [2.24, 2.45) is 0 Å². The van der Waals surface area contributed by atoms with E-state index >= 15 is 0 Å². The Labute approximate surface area is 241 Å². The second-order valence-corrected chi connectivity index (χ2v) is 8.63. The molecule has 0 aliphatic heterocycles. The molecule has 0 radical (unpaired) electrons. The Morgan fingerprint density at radius 3 is 1.74 bits per heavy atom. The Balaban J connectivity index is 1.46. The number of ether oxygens (including phenoxy) is 6. The molecule has 0 spiro atoms. The van der Waals surface area contributed by atoms with E-state index in [1.807, 2.05) is 0 Å². The van der Waals surface area contributed by atoms with Crippen LogP contribution in [0.15, 0.2) is 79.4 Å². The van der Waals surface area contributed by atoms with E-state index < -0.39 is 30.0 Å². The molecule has 0 unspecified atom stereocenters. The number of esters is 4. The van der Waals surface area contributed by atoms with E-state index in [-0.39, 0.29) is 41.6 Å². The fourth-order valence-electron chi connectivity index (χ4n) is 3.33. The van der Waals surface area contributed by atoms with Gasteiger partial charge >= 0.3 is 30.0 Å². The molecule has 0 aromatic heterocycles. The fraction of sp³-hybridized carbons (Fsp3) is 0.194. The summed E-state index contributed by atoms with van der Waals surface area (Å²) in [6.07, 6.45) is 1.13. The van der Waals surface area contributed by atoms with E-state index in [0.29, 0.717) is 24.2 Å². The van der Waals surface area contributed by atoms with Crippen molar-refractivity contribution in [3.63, 3.8) is 0 Å². The molecule has 0 saturated heterocycles.